The van der Waals surface area contributed by atoms with Crippen molar-refractivity contribution in [3.8, 4) is 0 Å². The Morgan fingerprint density at radius 3 is 2.60 bits per heavy atom. The van der Waals surface area contributed by atoms with Gasteiger partial charge in [0.15, 0.2) is 5.78 Å². The smallest absolute Gasteiger partial charge is 0.317 e. The number of nitrogens with two attached hydrogens (primary N) is 1. The molecular formula is C28H41N4O2P. The molecule has 1 aromatic rings. The van der Waals surface area contributed by atoms with Crippen LogP contribution in [0.2, 0.25) is 0 Å². The largest absolute Gasteiger partial charge is 0.351 e. The summed E-state index contributed by atoms with van der Waals surface area (Å²) in [5.41, 5.74) is 10.8. The molecule has 0 aromatic carbocycles. The van der Waals surface area contributed by atoms with Crippen molar-refractivity contribution in [3.05, 3.63) is 58.6 Å². The highest BCUT2D eigenvalue weighted by molar-refractivity contribution is 7.60. The normalized spacial score (nSPS) is 17.9. The van der Waals surface area contributed by atoms with E-state index in [-0.39, 0.29) is 13.7 Å². The van der Waals surface area contributed by atoms with Gasteiger partial charge in [-0.25, -0.2) is 9.48 Å². The van der Waals surface area contributed by atoms with Gasteiger partial charge in [-0.05, 0) is 57.8 Å². The Hall–Kier alpha value is -2.72. The van der Waals surface area contributed by atoms with Gasteiger partial charge >= 0.3 is 6.03 Å². The minimum atomic E-state index is -0.632. The van der Waals surface area contributed by atoms with Gasteiger partial charge in [0.1, 0.15) is 5.82 Å². The van der Waals surface area contributed by atoms with Crippen LogP contribution in [0.4, 0.5) is 10.6 Å². The summed E-state index contributed by atoms with van der Waals surface area (Å²) in [6, 6.07) is -0.632. The van der Waals surface area contributed by atoms with E-state index in [4.69, 9.17) is 10.8 Å². The molecule has 1 aliphatic rings. The van der Waals surface area contributed by atoms with Crippen LogP contribution in [0, 0.1) is 12.8 Å². The van der Waals surface area contributed by atoms with E-state index in [1.54, 1.807) is 4.68 Å². The highest BCUT2D eigenvalue weighted by Gasteiger charge is 2.23. The van der Waals surface area contributed by atoms with Crippen LogP contribution in [-0.4, -0.2) is 34.4 Å². The number of nitrogens with zero attached hydrogens (tertiary/aromatic N) is 2. The quantitative estimate of drug-likeness (QED) is 0.192. The first-order valence-corrected chi connectivity index (χ1v) is 14.5. The molecule has 1 aliphatic heterocycles. The second kappa shape index (κ2) is 13.4. The van der Waals surface area contributed by atoms with Crippen LogP contribution in [0.25, 0.3) is 11.3 Å². The first-order chi connectivity index (χ1) is 16.6. The van der Waals surface area contributed by atoms with E-state index in [9.17, 15) is 9.59 Å². The van der Waals surface area contributed by atoms with Crippen LogP contribution >= 0.6 is 7.92 Å². The lowest BCUT2D eigenvalue weighted by molar-refractivity contribution is -0.115. The number of urea groups is 1. The number of amides is 2. The third kappa shape index (κ3) is 7.38. The fourth-order valence-corrected chi connectivity index (χ4v) is 5.22. The number of carbonyl (C=O) groups excluding carboxylic acids is 2. The van der Waals surface area contributed by atoms with Crippen LogP contribution < -0.4 is 11.1 Å². The molecule has 0 spiro atoms. The fourth-order valence-electron chi connectivity index (χ4n) is 3.98. The van der Waals surface area contributed by atoms with Crippen molar-refractivity contribution in [3.63, 3.8) is 0 Å². The highest BCUT2D eigenvalue weighted by Crippen LogP contribution is 2.40. The number of ketones is 1. The van der Waals surface area contributed by atoms with Gasteiger partial charge in [-0.2, -0.15) is 5.10 Å². The molecule has 2 unspecified atom stereocenters. The average molecular weight is 497 g/mol. The molecule has 190 valence electrons. The van der Waals surface area contributed by atoms with E-state index in [1.165, 1.54) is 0 Å². The van der Waals surface area contributed by atoms with Crippen molar-refractivity contribution in [2.24, 2.45) is 11.7 Å². The molecular weight excluding hydrogens is 455 g/mol. The minimum absolute atomic E-state index is 0.150. The lowest BCUT2D eigenvalue weighted by atomic mass is 9.90. The van der Waals surface area contributed by atoms with Gasteiger partial charge in [-0.15, -0.1) is 0 Å². The summed E-state index contributed by atoms with van der Waals surface area (Å²) in [5, 5.41) is 7.74. The molecule has 0 saturated heterocycles. The topological polar surface area (TPSA) is 90.0 Å². The second-order valence-electron chi connectivity index (χ2n) is 9.13. The molecule has 2 atom stereocenters. The van der Waals surface area contributed by atoms with E-state index >= 15 is 0 Å². The monoisotopic (exact) mass is 496 g/mol. The molecule has 35 heavy (non-hydrogen) atoms. The molecule has 7 heteroatoms. The van der Waals surface area contributed by atoms with Crippen molar-refractivity contribution >= 4 is 36.8 Å². The lowest BCUT2D eigenvalue weighted by Gasteiger charge is -2.17. The maximum atomic E-state index is 13.2. The molecule has 0 bridgehead atoms. The number of anilines is 1. The molecule has 0 fully saturated rings. The number of Topliss-reactive ketones (excluding diaryl/α,β-unsaturated/α-hetero) is 1. The highest BCUT2D eigenvalue weighted by atomic mass is 31.1. The van der Waals surface area contributed by atoms with Crippen LogP contribution in [-0.2, 0) is 4.79 Å². The number of hydrogen-bond donors (Lipinski definition) is 2. The number of aromatic nitrogens is 2. The van der Waals surface area contributed by atoms with Crippen molar-refractivity contribution in [2.45, 2.75) is 67.2 Å². The van der Waals surface area contributed by atoms with Crippen molar-refractivity contribution in [2.75, 3.05) is 18.1 Å². The standard InChI is InChI=1S/C28H41N4O2P/c1-8-11-14-22(17-24(25(33)13-9-2)20(5)19(4)10-3)26-21(6)27(30-28(29)34)32(31-26)23-15-12-16-35(7)18-23/h11-12,14-17,19H,8-10,13,18H2,1-7H3,(H3,29,30,34)/b14-11-,22-17+,24-20-. The molecule has 2 amide bonds. The van der Waals surface area contributed by atoms with Gasteiger partial charge < -0.3 is 5.73 Å². The molecule has 6 nitrogen and oxygen atoms in total. The third-order valence-electron chi connectivity index (χ3n) is 6.34. The first-order valence-electron chi connectivity index (χ1n) is 12.5. The zero-order valence-corrected chi connectivity index (χ0v) is 23.2. The van der Waals surface area contributed by atoms with Gasteiger partial charge in [0.25, 0.3) is 0 Å². The van der Waals surface area contributed by atoms with Gasteiger partial charge in [-0.3, -0.25) is 10.1 Å². The van der Waals surface area contributed by atoms with E-state index in [2.05, 4.69) is 51.6 Å². The van der Waals surface area contributed by atoms with Crippen LogP contribution in [0.1, 0.15) is 71.6 Å². The molecule has 2 heterocycles. The number of allylic oxidation sites excluding steroid dienone is 9. The van der Waals surface area contributed by atoms with Crippen LogP contribution in [0.15, 0.2) is 47.3 Å². The first kappa shape index (κ1) is 28.5. The average Bonchev–Trinajstić information content (AvgIpc) is 3.13. The van der Waals surface area contributed by atoms with Crippen molar-refractivity contribution in [1.82, 2.24) is 9.78 Å². The number of primary amides is 1. The minimum Gasteiger partial charge on any atom is -0.351 e. The lowest BCUT2D eigenvalue weighted by Crippen LogP contribution is -2.22. The van der Waals surface area contributed by atoms with Gasteiger partial charge in [0.05, 0.1) is 5.69 Å². The van der Waals surface area contributed by atoms with Gasteiger partial charge in [-0.1, -0.05) is 65.2 Å². The van der Waals surface area contributed by atoms with Crippen molar-refractivity contribution in [1.29, 1.82) is 0 Å². The summed E-state index contributed by atoms with van der Waals surface area (Å²) >= 11 is 0. The Morgan fingerprint density at radius 1 is 1.31 bits per heavy atom. The Balaban J connectivity index is 2.79. The predicted molar refractivity (Wildman–Crippen MR) is 151 cm³/mol. The fraction of sp³-hybridized carbons (Fsp3) is 0.464. The third-order valence-corrected chi connectivity index (χ3v) is 7.84. The van der Waals surface area contributed by atoms with Gasteiger partial charge in [0.2, 0.25) is 0 Å². The maximum Gasteiger partial charge on any atom is 0.317 e. The second-order valence-corrected chi connectivity index (χ2v) is 11.3. The summed E-state index contributed by atoms with van der Waals surface area (Å²) in [6.07, 6.45) is 14.1. The van der Waals surface area contributed by atoms with Crippen LogP contribution in [0.3, 0.4) is 0 Å². The number of rotatable bonds is 11. The zero-order valence-electron chi connectivity index (χ0n) is 22.3. The molecule has 0 radical (unpaired) electrons. The van der Waals surface area contributed by atoms with Crippen LogP contribution in [0.5, 0.6) is 0 Å². The summed E-state index contributed by atoms with van der Waals surface area (Å²) in [7, 11) is -0.292. The predicted octanol–water partition coefficient (Wildman–Crippen LogP) is 7.24. The molecule has 0 saturated carbocycles. The van der Waals surface area contributed by atoms with Crippen molar-refractivity contribution < 1.29 is 9.59 Å². The molecule has 2 rings (SSSR count). The summed E-state index contributed by atoms with van der Waals surface area (Å²) < 4.78 is 1.80. The number of carbonyl (C=O) groups is 2. The van der Waals surface area contributed by atoms with E-state index in [0.717, 1.165) is 59.1 Å². The number of nitrogens with one attached hydrogen (secondary N) is 1. The summed E-state index contributed by atoms with van der Waals surface area (Å²) in [6.45, 7) is 14.6. The zero-order chi connectivity index (χ0) is 26.1. The SMILES string of the molecule is CC\C=C/C(=C\C(C(=O)CCC)=C(/C)C(C)CC)c1nn(C2=CC=CP(C)C2)c(NC(N)=O)c1C. The molecule has 3 N–H and O–H groups in total. The molecule has 1 aromatic heterocycles. The van der Waals surface area contributed by atoms with E-state index < -0.39 is 6.03 Å². The Bertz CT molecular complexity index is 1090. The Labute approximate surface area is 211 Å². The summed E-state index contributed by atoms with van der Waals surface area (Å²) in [4.78, 5) is 25.1. The number of hydrogen-bond acceptors (Lipinski definition) is 3. The van der Waals surface area contributed by atoms with E-state index in [1.807, 2.05) is 38.2 Å². The summed E-state index contributed by atoms with van der Waals surface area (Å²) in [5.74, 6) is 3.22. The molecule has 0 aliphatic carbocycles. The maximum absolute atomic E-state index is 13.2. The Kier molecular flexibility index (Phi) is 10.9. The van der Waals surface area contributed by atoms with Gasteiger partial charge in [0, 0.05) is 35.0 Å². The van der Waals surface area contributed by atoms with E-state index in [0.29, 0.717) is 18.2 Å². The Morgan fingerprint density at radius 2 is 2.03 bits per heavy atom.